The quantitative estimate of drug-likeness (QED) is 0.221. The van der Waals surface area contributed by atoms with Crippen LogP contribution >= 0.6 is 31.9 Å². The number of benzene rings is 2. The van der Waals surface area contributed by atoms with Crippen molar-refractivity contribution in [3.8, 4) is 0 Å². The van der Waals surface area contributed by atoms with Gasteiger partial charge < -0.3 is 14.7 Å². The Morgan fingerprint density at radius 1 is 1.10 bits per heavy atom. The van der Waals surface area contributed by atoms with Crippen LogP contribution in [-0.2, 0) is 14.3 Å². The van der Waals surface area contributed by atoms with E-state index in [1.54, 1.807) is 24.3 Å². The van der Waals surface area contributed by atoms with Crippen LogP contribution in [0.4, 0.5) is 0 Å². The number of hydrogen-bond acceptors (Lipinski definition) is 4. The Labute approximate surface area is 193 Å². The number of aliphatic hydroxyl groups excluding tert-OH is 1. The fourth-order valence-corrected chi connectivity index (χ4v) is 4.13. The van der Waals surface area contributed by atoms with Gasteiger partial charge in [-0.3, -0.25) is 9.59 Å². The number of aliphatic hydroxyl groups is 1. The van der Waals surface area contributed by atoms with Crippen molar-refractivity contribution in [3.05, 3.63) is 74.2 Å². The summed E-state index contributed by atoms with van der Waals surface area (Å²) in [6, 6.07) is 13.8. The maximum absolute atomic E-state index is 12.9. The van der Waals surface area contributed by atoms with Gasteiger partial charge in [-0.2, -0.15) is 0 Å². The van der Waals surface area contributed by atoms with E-state index in [1.165, 1.54) is 4.90 Å². The zero-order valence-electron chi connectivity index (χ0n) is 16.8. The zero-order chi connectivity index (χ0) is 21.8. The lowest BCUT2D eigenvalue weighted by Crippen LogP contribution is -2.31. The fourth-order valence-electron chi connectivity index (χ4n) is 3.45. The van der Waals surface area contributed by atoms with Crippen molar-refractivity contribution in [1.29, 1.82) is 0 Å². The molecule has 0 aliphatic carbocycles. The maximum atomic E-state index is 12.9. The molecule has 0 aromatic heterocycles. The Morgan fingerprint density at radius 2 is 1.80 bits per heavy atom. The van der Waals surface area contributed by atoms with E-state index in [0.717, 1.165) is 14.5 Å². The van der Waals surface area contributed by atoms with Crippen molar-refractivity contribution in [2.45, 2.75) is 32.4 Å². The van der Waals surface area contributed by atoms with Crippen molar-refractivity contribution in [1.82, 2.24) is 4.90 Å². The molecule has 1 N–H and O–H groups in total. The second kappa shape index (κ2) is 9.90. The molecule has 1 aliphatic rings. The number of nitrogens with zero attached hydrogens (tertiary/aromatic N) is 1. The van der Waals surface area contributed by atoms with Gasteiger partial charge in [0.15, 0.2) is 0 Å². The van der Waals surface area contributed by atoms with E-state index in [0.29, 0.717) is 25.1 Å². The van der Waals surface area contributed by atoms with Crippen molar-refractivity contribution < 1.29 is 19.4 Å². The average molecular weight is 537 g/mol. The first kappa shape index (κ1) is 22.7. The molecule has 1 fully saturated rings. The number of carbonyl (C=O) groups is 2. The largest absolute Gasteiger partial charge is 0.507 e. The molecule has 2 aromatic carbocycles. The number of ketones is 1. The second-order valence-corrected chi connectivity index (χ2v) is 9.16. The van der Waals surface area contributed by atoms with E-state index < -0.39 is 17.7 Å². The summed E-state index contributed by atoms with van der Waals surface area (Å²) in [5.41, 5.74) is 1.34. The van der Waals surface area contributed by atoms with Crippen LogP contribution in [0.15, 0.2) is 63.0 Å². The number of halogens is 2. The Hall–Kier alpha value is -1.96. The standard InChI is InChI=1S/C23H23Br2NO4/c1-14(2)30-12-4-11-26-20(16-5-3-6-18(25)13-16)19(22(28)23(26)29)21(27)15-7-9-17(24)10-8-15/h3,5-10,13-14,20,27H,4,11-12H2,1-2H3/t20-/m0/s1. The number of amides is 1. The van der Waals surface area contributed by atoms with Gasteiger partial charge in [-0.05, 0) is 50.1 Å². The molecule has 0 spiro atoms. The van der Waals surface area contributed by atoms with Gasteiger partial charge in [0.05, 0.1) is 17.7 Å². The molecule has 158 valence electrons. The first-order chi connectivity index (χ1) is 14.3. The minimum atomic E-state index is -0.676. The maximum Gasteiger partial charge on any atom is 0.295 e. The van der Waals surface area contributed by atoms with Crippen LogP contribution in [0, 0.1) is 0 Å². The third kappa shape index (κ3) is 5.02. The number of hydrogen-bond donors (Lipinski definition) is 1. The fraction of sp³-hybridized carbons (Fsp3) is 0.304. The van der Waals surface area contributed by atoms with Crippen LogP contribution in [0.5, 0.6) is 0 Å². The SMILES string of the molecule is CC(C)OCCCN1C(=O)C(=O)C(=C(O)c2ccc(Br)cc2)[C@@H]1c1cccc(Br)c1. The van der Waals surface area contributed by atoms with Gasteiger partial charge in [-0.1, -0.05) is 56.1 Å². The lowest BCUT2D eigenvalue weighted by molar-refractivity contribution is -0.140. The van der Waals surface area contributed by atoms with Crippen LogP contribution in [0.3, 0.4) is 0 Å². The molecule has 0 radical (unpaired) electrons. The lowest BCUT2D eigenvalue weighted by Gasteiger charge is -2.25. The summed E-state index contributed by atoms with van der Waals surface area (Å²) >= 11 is 6.82. The van der Waals surface area contributed by atoms with Crippen LogP contribution in [-0.4, -0.2) is 41.0 Å². The van der Waals surface area contributed by atoms with Gasteiger partial charge in [-0.15, -0.1) is 0 Å². The molecule has 3 rings (SSSR count). The average Bonchev–Trinajstić information content (AvgIpc) is 2.96. The summed E-state index contributed by atoms with van der Waals surface area (Å²) in [5, 5.41) is 11.0. The van der Waals surface area contributed by atoms with E-state index in [4.69, 9.17) is 4.74 Å². The van der Waals surface area contributed by atoms with E-state index >= 15 is 0 Å². The molecule has 1 aliphatic heterocycles. The number of rotatable bonds is 7. The normalized spacial score (nSPS) is 18.4. The molecule has 1 atom stereocenters. The Bertz CT molecular complexity index is 969. The van der Waals surface area contributed by atoms with E-state index in [-0.39, 0.29) is 17.4 Å². The van der Waals surface area contributed by atoms with E-state index in [1.807, 2.05) is 38.1 Å². The van der Waals surface area contributed by atoms with Gasteiger partial charge in [0.1, 0.15) is 5.76 Å². The highest BCUT2D eigenvalue weighted by Crippen LogP contribution is 2.40. The molecule has 5 nitrogen and oxygen atoms in total. The minimum Gasteiger partial charge on any atom is -0.507 e. The Balaban J connectivity index is 2.03. The second-order valence-electron chi connectivity index (χ2n) is 7.33. The first-order valence-electron chi connectivity index (χ1n) is 9.71. The van der Waals surface area contributed by atoms with Crippen molar-refractivity contribution in [2.24, 2.45) is 0 Å². The zero-order valence-corrected chi connectivity index (χ0v) is 19.9. The Kier molecular flexibility index (Phi) is 7.50. The highest BCUT2D eigenvalue weighted by atomic mass is 79.9. The molecular weight excluding hydrogens is 514 g/mol. The highest BCUT2D eigenvalue weighted by molar-refractivity contribution is 9.10. The molecule has 30 heavy (non-hydrogen) atoms. The minimum absolute atomic E-state index is 0.0960. The smallest absolute Gasteiger partial charge is 0.295 e. The van der Waals surface area contributed by atoms with Crippen molar-refractivity contribution in [2.75, 3.05) is 13.2 Å². The summed E-state index contributed by atoms with van der Waals surface area (Å²) in [5.74, 6) is -1.46. The molecule has 1 amide bonds. The van der Waals surface area contributed by atoms with Gasteiger partial charge in [-0.25, -0.2) is 0 Å². The van der Waals surface area contributed by atoms with Crippen LogP contribution < -0.4 is 0 Å². The number of carbonyl (C=O) groups excluding carboxylic acids is 2. The summed E-state index contributed by atoms with van der Waals surface area (Å²) in [6.07, 6.45) is 0.687. The third-order valence-corrected chi connectivity index (χ3v) is 5.84. The molecular formula is C23H23Br2NO4. The lowest BCUT2D eigenvalue weighted by atomic mass is 9.95. The summed E-state index contributed by atoms with van der Waals surface area (Å²) in [7, 11) is 0. The predicted octanol–water partition coefficient (Wildman–Crippen LogP) is 5.45. The number of likely N-dealkylation sites (tertiary alicyclic amines) is 1. The van der Waals surface area contributed by atoms with Gasteiger partial charge in [0.25, 0.3) is 11.7 Å². The molecule has 1 heterocycles. The number of ether oxygens (including phenoxy) is 1. The molecule has 1 saturated heterocycles. The molecule has 7 heteroatoms. The molecule has 0 bridgehead atoms. The predicted molar refractivity (Wildman–Crippen MR) is 123 cm³/mol. The Morgan fingerprint density at radius 3 is 2.43 bits per heavy atom. The highest BCUT2D eigenvalue weighted by Gasteiger charge is 2.45. The summed E-state index contributed by atoms with van der Waals surface area (Å²) < 4.78 is 7.27. The topological polar surface area (TPSA) is 66.8 Å². The summed E-state index contributed by atoms with van der Waals surface area (Å²) in [4.78, 5) is 27.3. The van der Waals surface area contributed by atoms with Crippen LogP contribution in [0.2, 0.25) is 0 Å². The van der Waals surface area contributed by atoms with E-state index in [2.05, 4.69) is 31.9 Å². The molecule has 0 saturated carbocycles. The summed E-state index contributed by atoms with van der Waals surface area (Å²) in [6.45, 7) is 4.74. The van der Waals surface area contributed by atoms with Gasteiger partial charge in [0.2, 0.25) is 0 Å². The third-order valence-electron chi connectivity index (χ3n) is 4.82. The van der Waals surface area contributed by atoms with Crippen LogP contribution in [0.25, 0.3) is 5.76 Å². The monoisotopic (exact) mass is 535 g/mol. The van der Waals surface area contributed by atoms with E-state index in [9.17, 15) is 14.7 Å². The van der Waals surface area contributed by atoms with Gasteiger partial charge in [0, 0.05) is 27.7 Å². The van der Waals surface area contributed by atoms with Gasteiger partial charge >= 0.3 is 0 Å². The first-order valence-corrected chi connectivity index (χ1v) is 11.3. The van der Waals surface area contributed by atoms with Crippen molar-refractivity contribution >= 4 is 49.3 Å². The molecule has 0 unspecified atom stereocenters. The van der Waals surface area contributed by atoms with Crippen LogP contribution in [0.1, 0.15) is 37.4 Å². The molecule has 2 aromatic rings. The number of Topliss-reactive ketones (excluding diaryl/α,β-unsaturated/α-hetero) is 1. The van der Waals surface area contributed by atoms with Crippen molar-refractivity contribution in [3.63, 3.8) is 0 Å².